The molecule has 2 aromatic rings. The lowest BCUT2D eigenvalue weighted by atomic mass is 10.1. The van der Waals surface area contributed by atoms with Gasteiger partial charge in [-0.2, -0.15) is 5.10 Å². The van der Waals surface area contributed by atoms with E-state index in [1.54, 1.807) is 26.0 Å². The topological polar surface area (TPSA) is 120 Å². The Morgan fingerprint density at radius 2 is 1.93 bits per heavy atom. The van der Waals surface area contributed by atoms with E-state index in [4.69, 9.17) is 16.3 Å². The molecule has 8 nitrogen and oxygen atoms in total. The lowest BCUT2D eigenvalue weighted by Gasteiger charge is -2.10. The van der Waals surface area contributed by atoms with Gasteiger partial charge >= 0.3 is 11.8 Å². The van der Waals surface area contributed by atoms with Crippen LogP contribution in [0.1, 0.15) is 28.4 Å². The van der Waals surface area contributed by atoms with Crippen molar-refractivity contribution in [2.75, 3.05) is 11.9 Å². The van der Waals surface area contributed by atoms with Crippen LogP contribution in [0.25, 0.3) is 0 Å². The average molecular weight is 403 g/mol. The summed E-state index contributed by atoms with van der Waals surface area (Å²) in [4.78, 5) is 34.8. The third kappa shape index (κ3) is 5.55. The summed E-state index contributed by atoms with van der Waals surface area (Å²) in [5.74, 6) is -2.95. The van der Waals surface area contributed by atoms with Crippen molar-refractivity contribution in [2.45, 2.75) is 13.8 Å². The molecule has 0 atom stereocenters. The molecule has 0 aliphatic carbocycles. The van der Waals surface area contributed by atoms with Gasteiger partial charge in [-0.05, 0) is 55.3 Å². The first-order valence-electron chi connectivity index (χ1n) is 8.20. The molecule has 9 heteroatoms. The molecular formula is C19H17ClN3O5-. The number of hydrogen-bond acceptors (Lipinski definition) is 6. The predicted molar refractivity (Wildman–Crippen MR) is 102 cm³/mol. The van der Waals surface area contributed by atoms with Crippen molar-refractivity contribution in [1.29, 1.82) is 0 Å². The van der Waals surface area contributed by atoms with Crippen LogP contribution in [0.15, 0.2) is 41.5 Å². The van der Waals surface area contributed by atoms with E-state index in [0.29, 0.717) is 28.6 Å². The molecule has 0 radical (unpaired) electrons. The van der Waals surface area contributed by atoms with Crippen molar-refractivity contribution in [3.63, 3.8) is 0 Å². The highest BCUT2D eigenvalue weighted by Crippen LogP contribution is 2.20. The maximum atomic E-state index is 11.9. The number of rotatable bonds is 6. The number of benzene rings is 2. The molecule has 0 saturated carbocycles. The molecule has 28 heavy (non-hydrogen) atoms. The number of amides is 2. The molecule has 0 bridgehead atoms. The second-order valence-corrected chi connectivity index (χ2v) is 6.00. The molecule has 2 N–H and O–H groups in total. The monoisotopic (exact) mass is 402 g/mol. The van der Waals surface area contributed by atoms with Crippen molar-refractivity contribution in [3.8, 4) is 5.75 Å². The molecule has 0 saturated heterocycles. The van der Waals surface area contributed by atoms with E-state index in [0.717, 1.165) is 5.56 Å². The molecule has 0 aromatic heterocycles. The SMILES string of the molecule is CCOc1ccc(C(=O)[O-])cc1/C=N\NC(=O)C(=O)Nc1ccc(C)c(Cl)c1. The van der Waals surface area contributed by atoms with Gasteiger partial charge in [-0.25, -0.2) is 5.43 Å². The number of carboxylic acid groups (broad SMARTS) is 1. The molecule has 0 aliphatic rings. The number of ether oxygens (including phenoxy) is 1. The van der Waals surface area contributed by atoms with E-state index in [2.05, 4.69) is 15.8 Å². The van der Waals surface area contributed by atoms with Gasteiger partial charge in [0.15, 0.2) is 0 Å². The Bertz CT molecular complexity index is 943. The first-order valence-corrected chi connectivity index (χ1v) is 8.58. The maximum Gasteiger partial charge on any atom is 0.329 e. The fraction of sp³-hybridized carbons (Fsp3) is 0.158. The van der Waals surface area contributed by atoms with Crippen LogP contribution in [-0.2, 0) is 9.59 Å². The smallest absolute Gasteiger partial charge is 0.329 e. The molecular weight excluding hydrogens is 386 g/mol. The van der Waals surface area contributed by atoms with E-state index >= 15 is 0 Å². The van der Waals surface area contributed by atoms with Gasteiger partial charge in [0.25, 0.3) is 0 Å². The van der Waals surface area contributed by atoms with E-state index in [1.807, 2.05) is 0 Å². The number of anilines is 1. The number of nitrogens with zero attached hydrogens (tertiary/aromatic N) is 1. The first kappa shape index (κ1) is 20.9. The van der Waals surface area contributed by atoms with Crippen LogP contribution in [0.3, 0.4) is 0 Å². The minimum absolute atomic E-state index is 0.0785. The summed E-state index contributed by atoms with van der Waals surface area (Å²) in [5.41, 5.74) is 3.48. The van der Waals surface area contributed by atoms with Crippen molar-refractivity contribution >= 4 is 41.3 Å². The Kier molecular flexibility index (Phi) is 7.11. The van der Waals surface area contributed by atoms with Crippen LogP contribution >= 0.6 is 11.6 Å². The van der Waals surface area contributed by atoms with E-state index < -0.39 is 17.8 Å². The number of carboxylic acids is 1. The van der Waals surface area contributed by atoms with Gasteiger partial charge in [0.1, 0.15) is 5.75 Å². The van der Waals surface area contributed by atoms with E-state index in [-0.39, 0.29) is 5.56 Å². The lowest BCUT2D eigenvalue weighted by Crippen LogP contribution is -2.32. The van der Waals surface area contributed by atoms with Crippen molar-refractivity contribution in [2.24, 2.45) is 5.10 Å². The number of nitrogens with one attached hydrogen (secondary N) is 2. The number of hydrazone groups is 1. The zero-order valence-electron chi connectivity index (χ0n) is 15.1. The zero-order chi connectivity index (χ0) is 20.7. The summed E-state index contributed by atoms with van der Waals surface area (Å²) in [6, 6.07) is 8.89. The Balaban J connectivity index is 2.05. The molecule has 0 heterocycles. The van der Waals surface area contributed by atoms with Crippen molar-refractivity contribution in [3.05, 3.63) is 58.1 Å². The number of carbonyl (C=O) groups excluding carboxylic acids is 3. The molecule has 0 aliphatic heterocycles. The molecule has 2 amide bonds. The summed E-state index contributed by atoms with van der Waals surface area (Å²) in [6.07, 6.45) is 1.17. The summed E-state index contributed by atoms with van der Waals surface area (Å²) in [7, 11) is 0. The van der Waals surface area contributed by atoms with Crippen molar-refractivity contribution in [1.82, 2.24) is 5.43 Å². The number of carbonyl (C=O) groups is 3. The fourth-order valence-electron chi connectivity index (χ4n) is 2.13. The molecule has 2 rings (SSSR count). The highest BCUT2D eigenvalue weighted by Gasteiger charge is 2.13. The molecule has 146 valence electrons. The average Bonchev–Trinajstić information content (AvgIpc) is 2.65. The Hall–Kier alpha value is -3.39. The van der Waals surface area contributed by atoms with Crippen LogP contribution in [0, 0.1) is 6.92 Å². The normalized spacial score (nSPS) is 10.5. The molecule has 2 aromatic carbocycles. The second kappa shape index (κ2) is 9.52. The number of aromatic carboxylic acids is 1. The quantitative estimate of drug-likeness (QED) is 0.431. The molecule has 0 spiro atoms. The highest BCUT2D eigenvalue weighted by molar-refractivity contribution is 6.39. The summed E-state index contributed by atoms with van der Waals surface area (Å²) in [6.45, 7) is 3.91. The standard InChI is InChI=1S/C19H18ClN3O5/c1-3-28-16-7-5-12(19(26)27)8-13(16)10-21-23-18(25)17(24)22-14-6-4-11(2)15(20)9-14/h4-10H,3H2,1-2H3,(H,22,24)(H,23,25)(H,26,27)/p-1/b21-10-. The van der Waals surface area contributed by atoms with Crippen LogP contribution in [-0.4, -0.2) is 30.6 Å². The minimum Gasteiger partial charge on any atom is -0.545 e. The highest BCUT2D eigenvalue weighted by atomic mass is 35.5. The van der Waals surface area contributed by atoms with Gasteiger partial charge in [-0.15, -0.1) is 0 Å². The van der Waals surface area contributed by atoms with Crippen molar-refractivity contribution < 1.29 is 24.2 Å². The van der Waals surface area contributed by atoms with Gasteiger partial charge in [-0.1, -0.05) is 17.7 Å². The largest absolute Gasteiger partial charge is 0.545 e. The van der Waals surface area contributed by atoms with Crippen LogP contribution in [0.4, 0.5) is 5.69 Å². The molecule has 0 fully saturated rings. The van der Waals surface area contributed by atoms with Gasteiger partial charge in [0, 0.05) is 16.3 Å². The fourth-order valence-corrected chi connectivity index (χ4v) is 2.31. The molecule has 0 unspecified atom stereocenters. The summed E-state index contributed by atoms with van der Waals surface area (Å²) < 4.78 is 5.37. The number of hydrogen-bond donors (Lipinski definition) is 2. The van der Waals surface area contributed by atoms with Crippen LogP contribution in [0.5, 0.6) is 5.75 Å². The predicted octanol–water partition coefficient (Wildman–Crippen LogP) is 1.50. The van der Waals surface area contributed by atoms with Gasteiger partial charge in [0.2, 0.25) is 0 Å². The number of halogens is 1. The summed E-state index contributed by atoms with van der Waals surface area (Å²) in [5, 5.41) is 17.5. The van der Waals surface area contributed by atoms with Gasteiger partial charge < -0.3 is 20.0 Å². The lowest BCUT2D eigenvalue weighted by molar-refractivity contribution is -0.255. The minimum atomic E-state index is -1.36. The number of aryl methyl sites for hydroxylation is 1. The second-order valence-electron chi connectivity index (χ2n) is 5.59. The third-order valence-corrected chi connectivity index (χ3v) is 3.96. The third-order valence-electron chi connectivity index (χ3n) is 3.55. The Morgan fingerprint density at radius 3 is 2.57 bits per heavy atom. The van der Waals surface area contributed by atoms with Crippen LogP contribution in [0.2, 0.25) is 5.02 Å². The maximum absolute atomic E-state index is 11.9. The zero-order valence-corrected chi connectivity index (χ0v) is 15.9. The Morgan fingerprint density at radius 1 is 1.18 bits per heavy atom. The van der Waals surface area contributed by atoms with Crippen LogP contribution < -0.4 is 20.6 Å². The summed E-state index contributed by atoms with van der Waals surface area (Å²) >= 11 is 5.97. The Labute approximate surface area is 166 Å². The first-order chi connectivity index (χ1) is 13.3. The van der Waals surface area contributed by atoms with Gasteiger partial charge in [0.05, 0.1) is 18.8 Å². The van der Waals surface area contributed by atoms with Gasteiger partial charge in [-0.3, -0.25) is 9.59 Å². The van der Waals surface area contributed by atoms with E-state index in [9.17, 15) is 19.5 Å². The van der Waals surface area contributed by atoms with E-state index in [1.165, 1.54) is 30.5 Å².